The van der Waals surface area contributed by atoms with Crippen LogP contribution in [0, 0.1) is 5.82 Å². The van der Waals surface area contributed by atoms with Crippen molar-refractivity contribution < 1.29 is 28.2 Å². The smallest absolute Gasteiger partial charge is 0.313 e. The summed E-state index contributed by atoms with van der Waals surface area (Å²) in [6, 6.07) is 6.38. The van der Waals surface area contributed by atoms with E-state index < -0.39 is 26.2 Å². The molecule has 0 saturated carbocycles. The molecule has 1 aromatic heterocycles. The van der Waals surface area contributed by atoms with Gasteiger partial charge < -0.3 is 14.3 Å². The molecule has 0 unspecified atom stereocenters. The van der Waals surface area contributed by atoms with E-state index >= 15 is 0 Å². The van der Waals surface area contributed by atoms with Crippen LogP contribution in [0.3, 0.4) is 0 Å². The number of pyridine rings is 1. The highest BCUT2D eigenvalue weighted by molar-refractivity contribution is 6.74. The van der Waals surface area contributed by atoms with Gasteiger partial charge in [0.05, 0.1) is 25.5 Å². The number of hydrogen-bond acceptors (Lipinski definition) is 6. The molecule has 40 heavy (non-hydrogen) atoms. The number of Topliss-reactive ketones (excluding diaryl/α,β-unsaturated/α-hetero) is 1. The third-order valence-corrected chi connectivity index (χ3v) is 12.0. The molecule has 0 saturated heterocycles. The number of carbonyl (C=O) groups excluding carboxylic acids is 2. The number of aromatic nitrogens is 1. The summed E-state index contributed by atoms with van der Waals surface area (Å²) >= 11 is 0. The minimum atomic E-state index is -2.12. The van der Waals surface area contributed by atoms with Crippen molar-refractivity contribution in [2.45, 2.75) is 104 Å². The van der Waals surface area contributed by atoms with Crippen LogP contribution in [-0.4, -0.2) is 43.4 Å². The zero-order valence-corrected chi connectivity index (χ0v) is 26.7. The van der Waals surface area contributed by atoms with Gasteiger partial charge in [-0.2, -0.15) is 0 Å². The number of ketones is 1. The molecule has 1 atom stereocenters. The Morgan fingerprint density at radius 3 is 2.12 bits per heavy atom. The number of aliphatic hydroxyl groups is 1. The summed E-state index contributed by atoms with van der Waals surface area (Å²) < 4.78 is 25.3. The van der Waals surface area contributed by atoms with Crippen LogP contribution in [0.25, 0.3) is 17.2 Å². The summed E-state index contributed by atoms with van der Waals surface area (Å²) in [4.78, 5) is 28.8. The van der Waals surface area contributed by atoms with Crippen LogP contribution < -0.4 is 0 Å². The van der Waals surface area contributed by atoms with Gasteiger partial charge in [0.25, 0.3) is 0 Å². The fraction of sp³-hybridized carbons (Fsp3) is 0.531. The van der Waals surface area contributed by atoms with Gasteiger partial charge in [-0.3, -0.25) is 14.6 Å². The number of halogens is 1. The van der Waals surface area contributed by atoms with Gasteiger partial charge in [0, 0.05) is 23.2 Å². The maximum absolute atomic E-state index is 14.0. The number of benzene rings is 1. The van der Waals surface area contributed by atoms with Crippen LogP contribution in [0.4, 0.5) is 4.39 Å². The van der Waals surface area contributed by atoms with E-state index in [-0.39, 0.29) is 35.5 Å². The largest absolute Gasteiger partial charge is 0.469 e. The number of esters is 1. The highest BCUT2D eigenvalue weighted by Gasteiger charge is 2.37. The Morgan fingerprint density at radius 1 is 1.05 bits per heavy atom. The molecule has 0 bridgehead atoms. The number of ether oxygens (including phenoxy) is 1. The molecule has 1 heterocycles. The minimum Gasteiger partial charge on any atom is -0.469 e. The zero-order chi connectivity index (χ0) is 30.4. The number of rotatable bonds is 12. The third kappa shape index (κ3) is 8.66. The van der Waals surface area contributed by atoms with Crippen molar-refractivity contribution in [3.8, 4) is 11.1 Å². The van der Waals surface area contributed by atoms with Crippen molar-refractivity contribution >= 4 is 26.1 Å². The Hall–Kier alpha value is -2.68. The Labute approximate surface area is 240 Å². The second kappa shape index (κ2) is 13.8. The molecule has 1 N–H and O–H groups in total. The van der Waals surface area contributed by atoms with E-state index in [1.807, 2.05) is 0 Å². The first kappa shape index (κ1) is 33.5. The van der Waals surface area contributed by atoms with Crippen LogP contribution in [0.5, 0.6) is 0 Å². The summed E-state index contributed by atoms with van der Waals surface area (Å²) in [5, 5.41) is 10.7. The lowest BCUT2D eigenvalue weighted by Crippen LogP contribution is -2.40. The van der Waals surface area contributed by atoms with Gasteiger partial charge in [-0.1, -0.05) is 72.8 Å². The summed E-state index contributed by atoms with van der Waals surface area (Å²) in [7, 11) is -0.905. The molecule has 0 radical (unpaired) electrons. The van der Waals surface area contributed by atoms with Gasteiger partial charge in [0.15, 0.2) is 8.32 Å². The molecule has 1 aromatic carbocycles. The molecule has 0 aliphatic rings. The maximum Gasteiger partial charge on any atom is 0.313 e. The monoisotopic (exact) mass is 571 g/mol. The Kier molecular flexibility index (Phi) is 11.6. The first-order valence-electron chi connectivity index (χ1n) is 13.9. The highest BCUT2D eigenvalue weighted by atomic mass is 28.4. The average Bonchev–Trinajstić information content (AvgIpc) is 2.85. The van der Waals surface area contributed by atoms with E-state index in [2.05, 4.69) is 66.3 Å². The van der Waals surface area contributed by atoms with Gasteiger partial charge in [-0.15, -0.1) is 0 Å². The van der Waals surface area contributed by atoms with Crippen molar-refractivity contribution in [3.63, 3.8) is 0 Å². The Morgan fingerprint density at radius 2 is 1.62 bits per heavy atom. The standard InChI is InChI=1S/C32H46FNO5Si/c1-20(2)30-26(16-15-24(35)17-25(36)18-28(37)38-8)29(22-11-13-23(33)14-12-22)27(31(34-30)21(3)4)19-39-40(9,10)32(5,6)7/h11-16,20-21,24,35H,17-19H2,1-10H3/b16-15+/t24-/m0/s1. The van der Waals surface area contributed by atoms with Crippen LogP contribution in [-0.2, 0) is 25.4 Å². The molecule has 2 rings (SSSR count). The summed E-state index contributed by atoms with van der Waals surface area (Å²) in [6.45, 7) is 19.7. The van der Waals surface area contributed by atoms with Crippen molar-refractivity contribution in [3.05, 3.63) is 58.7 Å². The van der Waals surface area contributed by atoms with Crippen LogP contribution in [0.2, 0.25) is 18.1 Å². The molecule has 6 nitrogen and oxygen atoms in total. The molecule has 220 valence electrons. The molecular formula is C32H46FNO5Si. The number of methoxy groups -OCH3 is 1. The van der Waals surface area contributed by atoms with Gasteiger partial charge in [0.2, 0.25) is 0 Å². The van der Waals surface area contributed by atoms with Crippen LogP contribution in [0.1, 0.15) is 95.7 Å². The Balaban J connectivity index is 2.75. The van der Waals surface area contributed by atoms with Gasteiger partial charge in [-0.25, -0.2) is 4.39 Å². The molecule has 0 aliphatic carbocycles. The van der Waals surface area contributed by atoms with E-state index in [0.29, 0.717) is 6.61 Å². The second-order valence-corrected chi connectivity index (χ2v) is 17.2. The maximum atomic E-state index is 14.0. The lowest BCUT2D eigenvalue weighted by Gasteiger charge is -2.37. The van der Waals surface area contributed by atoms with Crippen molar-refractivity contribution in [2.24, 2.45) is 0 Å². The van der Waals surface area contributed by atoms with Crippen molar-refractivity contribution in [1.29, 1.82) is 0 Å². The Bertz CT molecular complexity index is 1210. The van der Waals surface area contributed by atoms with Crippen molar-refractivity contribution in [1.82, 2.24) is 4.98 Å². The van der Waals surface area contributed by atoms with E-state index in [1.54, 1.807) is 24.3 Å². The van der Waals surface area contributed by atoms with E-state index in [4.69, 9.17) is 9.41 Å². The fourth-order valence-electron chi connectivity index (χ4n) is 4.14. The molecular weight excluding hydrogens is 525 g/mol. The quantitative estimate of drug-likeness (QED) is 0.161. The third-order valence-electron chi connectivity index (χ3n) is 7.50. The first-order valence-corrected chi connectivity index (χ1v) is 16.8. The summed E-state index contributed by atoms with van der Waals surface area (Å²) in [5.74, 6) is -1.23. The van der Waals surface area contributed by atoms with Gasteiger partial charge >= 0.3 is 5.97 Å². The number of carbonyl (C=O) groups is 2. The first-order chi connectivity index (χ1) is 18.5. The SMILES string of the molecule is COC(=O)CC(=O)C[C@@H](O)/C=C/c1c(C(C)C)nc(C(C)C)c(CO[Si](C)(C)C(C)(C)C)c1-c1ccc(F)cc1. The van der Waals surface area contributed by atoms with E-state index in [0.717, 1.165) is 33.6 Å². The normalized spacial score (nSPS) is 13.3. The minimum absolute atomic E-state index is 0.00983. The van der Waals surface area contributed by atoms with Gasteiger partial charge in [0.1, 0.15) is 18.0 Å². The number of hydrogen-bond donors (Lipinski definition) is 1. The second-order valence-electron chi connectivity index (χ2n) is 12.4. The molecule has 0 fully saturated rings. The molecule has 0 spiro atoms. The van der Waals surface area contributed by atoms with Gasteiger partial charge in [-0.05, 0) is 53.2 Å². The molecule has 2 aromatic rings. The highest BCUT2D eigenvalue weighted by Crippen LogP contribution is 2.41. The predicted octanol–water partition coefficient (Wildman–Crippen LogP) is 7.55. The molecule has 0 aliphatic heterocycles. The lowest BCUT2D eigenvalue weighted by molar-refractivity contribution is -0.143. The average molecular weight is 572 g/mol. The predicted molar refractivity (Wildman–Crippen MR) is 161 cm³/mol. The summed E-state index contributed by atoms with van der Waals surface area (Å²) in [6.07, 6.45) is 1.64. The molecule has 0 amide bonds. The molecule has 8 heteroatoms. The van der Waals surface area contributed by atoms with Crippen LogP contribution >= 0.6 is 0 Å². The van der Waals surface area contributed by atoms with Crippen molar-refractivity contribution in [2.75, 3.05) is 7.11 Å². The topological polar surface area (TPSA) is 85.7 Å². The number of nitrogens with zero attached hydrogens (tertiary/aromatic N) is 1. The van der Waals surface area contributed by atoms with E-state index in [1.165, 1.54) is 19.2 Å². The summed E-state index contributed by atoms with van der Waals surface area (Å²) in [5.41, 5.74) is 5.19. The number of aliphatic hydroxyl groups excluding tert-OH is 1. The zero-order valence-electron chi connectivity index (χ0n) is 25.7. The van der Waals surface area contributed by atoms with E-state index in [9.17, 15) is 19.1 Å². The lowest BCUT2D eigenvalue weighted by atomic mass is 9.87. The fourth-order valence-corrected chi connectivity index (χ4v) is 5.08. The van der Waals surface area contributed by atoms with Crippen LogP contribution in [0.15, 0.2) is 30.3 Å².